The van der Waals surface area contributed by atoms with Gasteiger partial charge in [0.05, 0.1) is 24.6 Å². The molecule has 0 aliphatic heterocycles. The second-order valence-electron chi connectivity index (χ2n) is 13.5. The molecule has 0 bridgehead atoms. The molecule has 0 saturated heterocycles. The van der Waals surface area contributed by atoms with Gasteiger partial charge in [0.1, 0.15) is 11.5 Å². The van der Waals surface area contributed by atoms with Gasteiger partial charge in [0.2, 0.25) is 0 Å². The Morgan fingerprint density at radius 1 is 0.440 bits per heavy atom. The molecule has 6 heteroatoms. The van der Waals surface area contributed by atoms with Gasteiger partial charge in [0, 0.05) is 8.96 Å². The van der Waals surface area contributed by atoms with Crippen molar-refractivity contribution >= 4 is 53.0 Å². The van der Waals surface area contributed by atoms with Gasteiger partial charge in [-0.25, -0.2) is 0 Å². The number of halogens is 2. The van der Waals surface area contributed by atoms with Crippen molar-refractivity contribution in [3.05, 3.63) is 83.2 Å². The monoisotopic (exact) mass is 808 g/mol. The summed E-state index contributed by atoms with van der Waals surface area (Å²) in [6.07, 6.45) is 30.8. The van der Waals surface area contributed by atoms with E-state index in [-0.39, 0.29) is 0 Å². The summed E-state index contributed by atoms with van der Waals surface area (Å²) in [5, 5.41) is 8.92. The maximum Gasteiger partial charge on any atom is 0.119 e. The highest BCUT2D eigenvalue weighted by atomic mass is 79.9. The number of aromatic nitrogens is 2. The van der Waals surface area contributed by atoms with Crippen LogP contribution in [0, 0.1) is 0 Å². The zero-order valence-corrected chi connectivity index (χ0v) is 34.1. The molecule has 0 aliphatic carbocycles. The van der Waals surface area contributed by atoms with Crippen LogP contribution in [0.3, 0.4) is 0 Å². The number of unbranched alkanes of at least 4 members (excludes halogenated alkanes) is 18. The first-order chi connectivity index (χ1) is 24.6. The fraction of sp³-hybridized carbons (Fsp3) is 0.545. The van der Waals surface area contributed by atoms with Crippen LogP contribution < -0.4 is 9.47 Å². The molecule has 1 heterocycles. The largest absolute Gasteiger partial charge is 0.494 e. The van der Waals surface area contributed by atoms with E-state index in [1.165, 1.54) is 116 Å². The lowest BCUT2D eigenvalue weighted by molar-refractivity contribution is 0.304. The molecule has 3 aromatic rings. The molecule has 0 saturated carbocycles. The maximum absolute atomic E-state index is 5.98. The number of benzene rings is 2. The van der Waals surface area contributed by atoms with Crippen LogP contribution in [0.5, 0.6) is 11.5 Å². The number of ether oxygens (including phenoxy) is 2. The van der Waals surface area contributed by atoms with E-state index in [1.807, 2.05) is 36.4 Å². The molecule has 0 spiro atoms. The highest BCUT2D eigenvalue weighted by molar-refractivity contribution is 9.15. The molecule has 50 heavy (non-hydrogen) atoms. The minimum absolute atomic E-state index is 0.777. The van der Waals surface area contributed by atoms with E-state index < -0.39 is 0 Å². The molecule has 2 aromatic carbocycles. The van der Waals surface area contributed by atoms with E-state index in [0.717, 1.165) is 69.0 Å². The molecule has 1 aromatic heterocycles. The lowest BCUT2D eigenvalue weighted by Gasteiger charge is -2.07. The lowest BCUT2D eigenvalue weighted by Crippen LogP contribution is -1.97. The van der Waals surface area contributed by atoms with Crippen molar-refractivity contribution in [2.24, 2.45) is 0 Å². The van der Waals surface area contributed by atoms with E-state index in [9.17, 15) is 0 Å². The predicted molar refractivity (Wildman–Crippen MR) is 223 cm³/mol. The Morgan fingerprint density at radius 2 is 0.740 bits per heavy atom. The van der Waals surface area contributed by atoms with Crippen molar-refractivity contribution in [3.8, 4) is 11.5 Å². The summed E-state index contributed by atoms with van der Waals surface area (Å²) in [5.74, 6) is 1.84. The van der Waals surface area contributed by atoms with Gasteiger partial charge in [-0.2, -0.15) is 0 Å². The summed E-state index contributed by atoms with van der Waals surface area (Å²) in [6.45, 7) is 6.11. The van der Waals surface area contributed by atoms with E-state index in [0.29, 0.717) is 0 Å². The summed E-state index contributed by atoms with van der Waals surface area (Å²) in [6, 6.07) is 20.4. The minimum Gasteiger partial charge on any atom is -0.494 e. The van der Waals surface area contributed by atoms with E-state index in [1.54, 1.807) is 0 Å². The third-order valence-corrected chi connectivity index (χ3v) is 10.3. The van der Waals surface area contributed by atoms with Crippen molar-refractivity contribution < 1.29 is 9.47 Å². The third-order valence-electron chi connectivity index (χ3n) is 9.03. The Labute approximate surface area is 321 Å². The van der Waals surface area contributed by atoms with E-state index in [2.05, 4.69) is 92.3 Å². The fourth-order valence-corrected chi connectivity index (χ4v) is 6.86. The third kappa shape index (κ3) is 18.7. The smallest absolute Gasteiger partial charge is 0.119 e. The molecule has 0 N–H and O–H groups in total. The van der Waals surface area contributed by atoms with Crippen molar-refractivity contribution in [2.45, 2.75) is 142 Å². The SMILES string of the molecule is CCCCCCCCCCCCOc1ccc(/C=C(\Br)c2ccc(/C(Br)=C/c3ccc(OCCCCCCCCCCCC)cc3)nn2)cc1. The Balaban J connectivity index is 1.33. The van der Waals surface area contributed by atoms with Gasteiger partial charge in [-0.3, -0.25) is 0 Å². The van der Waals surface area contributed by atoms with Crippen molar-refractivity contribution in [1.29, 1.82) is 0 Å². The van der Waals surface area contributed by atoms with Crippen LogP contribution in [0.2, 0.25) is 0 Å². The van der Waals surface area contributed by atoms with Gasteiger partial charge >= 0.3 is 0 Å². The van der Waals surface area contributed by atoms with E-state index >= 15 is 0 Å². The average Bonchev–Trinajstić information content (AvgIpc) is 3.14. The Hall–Kier alpha value is -2.44. The quantitative estimate of drug-likeness (QED) is 0.0685. The van der Waals surface area contributed by atoms with Crippen LogP contribution in [0.15, 0.2) is 60.7 Å². The van der Waals surface area contributed by atoms with Crippen LogP contribution in [-0.4, -0.2) is 23.4 Å². The van der Waals surface area contributed by atoms with Crippen molar-refractivity contribution in [1.82, 2.24) is 10.2 Å². The summed E-state index contributed by atoms with van der Waals surface area (Å²) in [7, 11) is 0. The second kappa shape index (κ2) is 27.2. The predicted octanol–water partition coefficient (Wildman–Crippen LogP) is 14.9. The van der Waals surface area contributed by atoms with Crippen LogP contribution >= 0.6 is 31.9 Å². The number of rotatable bonds is 28. The lowest BCUT2D eigenvalue weighted by atomic mass is 10.1. The molecule has 4 nitrogen and oxygen atoms in total. The van der Waals surface area contributed by atoms with Crippen molar-refractivity contribution in [3.63, 3.8) is 0 Å². The highest BCUT2D eigenvalue weighted by Gasteiger charge is 2.06. The van der Waals surface area contributed by atoms with Gasteiger partial charge < -0.3 is 9.47 Å². The topological polar surface area (TPSA) is 44.2 Å². The van der Waals surface area contributed by atoms with Crippen LogP contribution in [0.1, 0.15) is 165 Å². The molecule has 274 valence electrons. The zero-order chi connectivity index (χ0) is 35.5. The average molecular weight is 811 g/mol. The Morgan fingerprint density at radius 3 is 1.04 bits per heavy atom. The molecule has 0 radical (unpaired) electrons. The number of nitrogens with zero attached hydrogens (tertiary/aromatic N) is 2. The highest BCUT2D eigenvalue weighted by Crippen LogP contribution is 2.27. The molecule has 0 aliphatic rings. The molecule has 0 atom stereocenters. The summed E-state index contributed by atoms with van der Waals surface area (Å²) >= 11 is 7.38. The second-order valence-corrected chi connectivity index (χ2v) is 15.2. The summed E-state index contributed by atoms with van der Waals surface area (Å²) in [5.41, 5.74) is 3.70. The maximum atomic E-state index is 5.98. The Kier molecular flexibility index (Phi) is 22.9. The molecule has 0 amide bonds. The first kappa shape index (κ1) is 42.0. The van der Waals surface area contributed by atoms with Gasteiger partial charge in [-0.15, -0.1) is 10.2 Å². The summed E-state index contributed by atoms with van der Waals surface area (Å²) < 4.78 is 13.7. The van der Waals surface area contributed by atoms with Crippen LogP contribution in [-0.2, 0) is 0 Å². The molecule has 0 fully saturated rings. The Bertz CT molecular complexity index is 1230. The number of hydrogen-bond donors (Lipinski definition) is 0. The normalized spacial score (nSPS) is 12.0. The van der Waals surface area contributed by atoms with Gasteiger partial charge in [-0.05, 0) is 104 Å². The van der Waals surface area contributed by atoms with Crippen LogP contribution in [0.4, 0.5) is 0 Å². The zero-order valence-electron chi connectivity index (χ0n) is 31.0. The van der Waals surface area contributed by atoms with Crippen molar-refractivity contribution in [2.75, 3.05) is 13.2 Å². The first-order valence-corrected chi connectivity index (χ1v) is 21.2. The molecular weight excluding hydrogens is 748 g/mol. The standard InChI is InChI=1S/C44H62Br2N2O2/c1-3-5-7-9-11-13-15-17-19-21-33-49-39-27-23-37(24-28-39)35-41(45)43-31-32-44(48-47-43)42(46)36-38-25-29-40(30-26-38)50-34-22-20-18-16-14-12-10-8-6-4-2/h23-32,35-36H,3-22,33-34H2,1-2H3/b41-35-,42-36-. The fourth-order valence-electron chi connectivity index (χ4n) is 5.91. The molecule has 0 unspecified atom stereocenters. The first-order valence-electron chi connectivity index (χ1n) is 19.6. The molecular formula is C44H62Br2N2O2. The van der Waals surface area contributed by atoms with Gasteiger partial charge in [-0.1, -0.05) is 154 Å². The minimum atomic E-state index is 0.777. The number of hydrogen-bond acceptors (Lipinski definition) is 4. The van der Waals surface area contributed by atoms with Crippen LogP contribution in [0.25, 0.3) is 21.1 Å². The van der Waals surface area contributed by atoms with Gasteiger partial charge in [0.15, 0.2) is 0 Å². The summed E-state index contributed by atoms with van der Waals surface area (Å²) in [4.78, 5) is 0. The molecule has 3 rings (SSSR count). The van der Waals surface area contributed by atoms with E-state index in [4.69, 9.17) is 9.47 Å². The van der Waals surface area contributed by atoms with Gasteiger partial charge in [0.25, 0.3) is 0 Å².